The largest absolute Gasteiger partial charge is 0.355 e. The Morgan fingerprint density at radius 1 is 1.26 bits per heavy atom. The van der Waals surface area contributed by atoms with Crippen LogP contribution in [0.5, 0.6) is 0 Å². The van der Waals surface area contributed by atoms with E-state index in [9.17, 15) is 4.79 Å². The van der Waals surface area contributed by atoms with Gasteiger partial charge in [0, 0.05) is 24.0 Å². The van der Waals surface area contributed by atoms with Crippen molar-refractivity contribution >= 4 is 17.2 Å². The van der Waals surface area contributed by atoms with E-state index in [0.717, 1.165) is 23.3 Å². The maximum absolute atomic E-state index is 12.2. The fourth-order valence-electron chi connectivity index (χ4n) is 4.02. The molecule has 2 fully saturated rings. The van der Waals surface area contributed by atoms with Crippen LogP contribution < -0.4 is 5.32 Å². The molecule has 23 heavy (non-hydrogen) atoms. The quantitative estimate of drug-likeness (QED) is 0.899. The van der Waals surface area contributed by atoms with Crippen molar-refractivity contribution in [3.8, 4) is 0 Å². The number of aryl methyl sites for hydroxylation is 2. The van der Waals surface area contributed by atoms with Crippen LogP contribution in [-0.4, -0.2) is 41.5 Å². The van der Waals surface area contributed by atoms with E-state index in [0.29, 0.717) is 12.3 Å². The minimum absolute atomic E-state index is 0.120. The van der Waals surface area contributed by atoms with E-state index in [1.165, 1.54) is 56.5 Å². The fourth-order valence-corrected chi connectivity index (χ4v) is 4.85. The van der Waals surface area contributed by atoms with Crippen molar-refractivity contribution in [3.05, 3.63) is 15.6 Å². The summed E-state index contributed by atoms with van der Waals surface area (Å²) in [6.07, 6.45) is 8.62. The molecule has 0 aromatic carbocycles. The van der Waals surface area contributed by atoms with Gasteiger partial charge in [-0.25, -0.2) is 4.98 Å². The smallest absolute Gasteiger partial charge is 0.226 e. The van der Waals surface area contributed by atoms with Gasteiger partial charge in [0.05, 0.1) is 17.1 Å². The van der Waals surface area contributed by atoms with Gasteiger partial charge in [-0.2, -0.15) is 0 Å². The maximum atomic E-state index is 12.2. The van der Waals surface area contributed by atoms with E-state index in [1.54, 1.807) is 11.3 Å². The molecule has 0 radical (unpaired) electrons. The minimum Gasteiger partial charge on any atom is -0.355 e. The molecule has 0 bridgehead atoms. The predicted octanol–water partition coefficient (Wildman–Crippen LogP) is 3.07. The van der Waals surface area contributed by atoms with Crippen molar-refractivity contribution < 1.29 is 4.79 Å². The van der Waals surface area contributed by atoms with Crippen LogP contribution in [0, 0.1) is 19.8 Å². The Balaban J connectivity index is 1.40. The lowest BCUT2D eigenvalue weighted by Gasteiger charge is -2.31. The van der Waals surface area contributed by atoms with Crippen LogP contribution in [0.4, 0.5) is 0 Å². The van der Waals surface area contributed by atoms with Gasteiger partial charge in [-0.1, -0.05) is 19.3 Å². The second kappa shape index (κ2) is 7.75. The predicted molar refractivity (Wildman–Crippen MR) is 94.9 cm³/mol. The van der Waals surface area contributed by atoms with Crippen LogP contribution >= 0.6 is 11.3 Å². The number of carbonyl (C=O) groups is 1. The highest BCUT2D eigenvalue weighted by Gasteiger charge is 2.29. The number of rotatable bonds is 5. The number of aromatic nitrogens is 1. The zero-order valence-electron chi connectivity index (χ0n) is 14.4. The first-order valence-electron chi connectivity index (χ1n) is 9.05. The molecule has 3 rings (SSSR count). The van der Waals surface area contributed by atoms with Crippen LogP contribution in [0.25, 0.3) is 0 Å². The van der Waals surface area contributed by atoms with Gasteiger partial charge in [-0.15, -0.1) is 11.3 Å². The lowest BCUT2D eigenvalue weighted by molar-refractivity contribution is -0.120. The van der Waals surface area contributed by atoms with Crippen LogP contribution in [0.2, 0.25) is 0 Å². The molecule has 1 aliphatic heterocycles. The number of thiazole rings is 1. The molecule has 2 heterocycles. The zero-order valence-corrected chi connectivity index (χ0v) is 15.3. The van der Waals surface area contributed by atoms with Crippen LogP contribution in [0.15, 0.2) is 0 Å². The molecular weight excluding hydrogens is 306 g/mol. The normalized spacial score (nSPS) is 23.3. The van der Waals surface area contributed by atoms with Crippen molar-refractivity contribution in [3.63, 3.8) is 0 Å². The van der Waals surface area contributed by atoms with Crippen molar-refractivity contribution in [1.29, 1.82) is 0 Å². The molecule has 1 saturated carbocycles. The van der Waals surface area contributed by atoms with E-state index in [-0.39, 0.29) is 5.91 Å². The van der Waals surface area contributed by atoms with Gasteiger partial charge < -0.3 is 10.2 Å². The minimum atomic E-state index is 0.120. The van der Waals surface area contributed by atoms with Crippen molar-refractivity contribution in [1.82, 2.24) is 15.2 Å². The topological polar surface area (TPSA) is 45.2 Å². The van der Waals surface area contributed by atoms with Crippen molar-refractivity contribution in [2.24, 2.45) is 5.92 Å². The van der Waals surface area contributed by atoms with Gasteiger partial charge in [0.1, 0.15) is 0 Å². The van der Waals surface area contributed by atoms with Gasteiger partial charge in [0.15, 0.2) is 0 Å². The summed E-state index contributed by atoms with van der Waals surface area (Å²) in [5.41, 5.74) is 0.945. The molecule has 1 N–H and O–H groups in total. The Morgan fingerprint density at radius 3 is 2.74 bits per heavy atom. The molecule has 1 aromatic heterocycles. The van der Waals surface area contributed by atoms with Crippen LogP contribution in [0.1, 0.15) is 54.1 Å². The average Bonchev–Trinajstić information content (AvgIpc) is 3.13. The molecule has 1 aliphatic carbocycles. The Hall–Kier alpha value is -0.940. The molecule has 4 nitrogen and oxygen atoms in total. The number of nitrogens with one attached hydrogen (secondary N) is 1. The summed E-state index contributed by atoms with van der Waals surface area (Å²) in [6.45, 7) is 7.25. The standard InChI is InChI=1S/C18H29N3OS/c1-13-17(20-14(2)23-13)10-18(22)19-11-15-8-9-21(12-15)16-6-4-3-5-7-16/h15-16H,3-12H2,1-2H3,(H,19,22). The summed E-state index contributed by atoms with van der Waals surface area (Å²) >= 11 is 1.67. The molecule has 2 aliphatic rings. The fraction of sp³-hybridized carbons (Fsp3) is 0.778. The second-order valence-electron chi connectivity index (χ2n) is 7.16. The second-order valence-corrected chi connectivity index (χ2v) is 8.57. The third kappa shape index (κ3) is 4.54. The number of hydrogen-bond donors (Lipinski definition) is 1. The van der Waals surface area contributed by atoms with Gasteiger partial charge in [-0.05, 0) is 45.6 Å². The lowest BCUT2D eigenvalue weighted by atomic mass is 9.94. The Morgan fingerprint density at radius 2 is 2.04 bits per heavy atom. The summed E-state index contributed by atoms with van der Waals surface area (Å²) in [7, 11) is 0. The van der Waals surface area contributed by atoms with Crippen molar-refractivity contribution in [2.45, 2.75) is 64.8 Å². The Labute approximate surface area is 143 Å². The van der Waals surface area contributed by atoms with Crippen molar-refractivity contribution in [2.75, 3.05) is 19.6 Å². The number of amides is 1. The molecule has 1 aromatic rings. The van der Waals surface area contributed by atoms with Gasteiger partial charge in [0.25, 0.3) is 0 Å². The first-order valence-corrected chi connectivity index (χ1v) is 9.87. The zero-order chi connectivity index (χ0) is 16.2. The molecule has 1 saturated heterocycles. The Kier molecular flexibility index (Phi) is 5.70. The number of hydrogen-bond acceptors (Lipinski definition) is 4. The van der Waals surface area contributed by atoms with Gasteiger partial charge in [-0.3, -0.25) is 4.79 Å². The van der Waals surface area contributed by atoms with Gasteiger partial charge in [0.2, 0.25) is 5.91 Å². The molecule has 5 heteroatoms. The molecule has 0 spiro atoms. The van der Waals surface area contributed by atoms with E-state index in [2.05, 4.69) is 15.2 Å². The third-order valence-electron chi connectivity index (χ3n) is 5.32. The summed E-state index contributed by atoms with van der Waals surface area (Å²) in [5.74, 6) is 0.744. The Bertz CT molecular complexity index is 536. The molecule has 128 valence electrons. The maximum Gasteiger partial charge on any atom is 0.226 e. The van der Waals surface area contributed by atoms with Gasteiger partial charge >= 0.3 is 0 Å². The van der Waals surface area contributed by atoms with Crippen LogP contribution in [0.3, 0.4) is 0 Å². The van der Waals surface area contributed by atoms with E-state index in [1.807, 2.05) is 13.8 Å². The summed E-state index contributed by atoms with van der Waals surface area (Å²) < 4.78 is 0. The average molecular weight is 336 g/mol. The molecular formula is C18H29N3OS. The van der Waals surface area contributed by atoms with E-state index >= 15 is 0 Å². The van der Waals surface area contributed by atoms with Crippen LogP contribution in [-0.2, 0) is 11.2 Å². The number of likely N-dealkylation sites (tertiary alicyclic amines) is 1. The highest BCUT2D eigenvalue weighted by atomic mass is 32.1. The number of carbonyl (C=O) groups excluding carboxylic acids is 1. The summed E-state index contributed by atoms with van der Waals surface area (Å²) in [6, 6.07) is 0.810. The lowest BCUT2D eigenvalue weighted by Crippen LogP contribution is -2.36. The SMILES string of the molecule is Cc1nc(CC(=O)NCC2CCN(C3CCCCC3)C2)c(C)s1. The highest BCUT2D eigenvalue weighted by Crippen LogP contribution is 2.27. The van der Waals surface area contributed by atoms with E-state index in [4.69, 9.17) is 0 Å². The molecule has 1 unspecified atom stereocenters. The summed E-state index contributed by atoms with van der Waals surface area (Å²) in [4.78, 5) is 20.4. The first kappa shape index (κ1) is 16.9. The number of nitrogens with zero attached hydrogens (tertiary/aromatic N) is 2. The molecule has 1 atom stereocenters. The van der Waals surface area contributed by atoms with E-state index < -0.39 is 0 Å². The third-order valence-corrected chi connectivity index (χ3v) is 6.25. The highest BCUT2D eigenvalue weighted by molar-refractivity contribution is 7.11. The molecule has 1 amide bonds. The summed E-state index contributed by atoms with van der Waals surface area (Å²) in [5, 5.41) is 4.18. The first-order chi connectivity index (χ1) is 11.1. The monoisotopic (exact) mass is 335 g/mol.